The van der Waals surface area contributed by atoms with Crippen molar-refractivity contribution >= 4 is 10.8 Å². The van der Waals surface area contributed by atoms with Crippen molar-refractivity contribution in [2.45, 2.75) is 26.7 Å². The predicted molar refractivity (Wildman–Crippen MR) is 81.7 cm³/mol. The smallest absolute Gasteiger partial charge is 0.126 e. The fourth-order valence-electron chi connectivity index (χ4n) is 2.30. The lowest BCUT2D eigenvalue weighted by molar-refractivity contribution is 0.348. The van der Waals surface area contributed by atoms with Gasteiger partial charge in [0.2, 0.25) is 0 Å². The van der Waals surface area contributed by atoms with Crippen molar-refractivity contribution < 1.29 is 4.74 Å². The Labute approximate surface area is 115 Å². The quantitative estimate of drug-likeness (QED) is 0.885. The van der Waals surface area contributed by atoms with E-state index < -0.39 is 0 Å². The predicted octanol–water partition coefficient (Wildman–Crippen LogP) is 3.77. The summed E-state index contributed by atoms with van der Waals surface area (Å²) < 4.78 is 5.43. The Balaban J connectivity index is 2.34. The lowest BCUT2D eigenvalue weighted by Gasteiger charge is -2.22. The van der Waals surface area contributed by atoms with E-state index in [-0.39, 0.29) is 5.41 Å². The van der Waals surface area contributed by atoms with E-state index in [4.69, 9.17) is 10.5 Å². The number of methoxy groups -OCH3 is 1. The number of aryl methyl sites for hydroxylation is 1. The maximum atomic E-state index is 5.81. The van der Waals surface area contributed by atoms with E-state index in [0.29, 0.717) is 0 Å². The molecule has 0 aliphatic carbocycles. The van der Waals surface area contributed by atoms with Gasteiger partial charge in [0, 0.05) is 5.39 Å². The maximum Gasteiger partial charge on any atom is 0.126 e. The fourth-order valence-corrected chi connectivity index (χ4v) is 2.30. The third-order valence-corrected chi connectivity index (χ3v) is 3.82. The van der Waals surface area contributed by atoms with E-state index in [0.717, 1.165) is 25.1 Å². The topological polar surface area (TPSA) is 35.2 Å². The molecule has 19 heavy (non-hydrogen) atoms. The lowest BCUT2D eigenvalue weighted by atomic mass is 9.85. The number of fused-ring (bicyclic) bond motifs is 1. The first-order valence-corrected chi connectivity index (χ1v) is 6.82. The van der Waals surface area contributed by atoms with E-state index in [1.807, 2.05) is 0 Å². The Hall–Kier alpha value is -1.54. The number of benzene rings is 2. The monoisotopic (exact) mass is 257 g/mol. The maximum absolute atomic E-state index is 5.81. The van der Waals surface area contributed by atoms with Crippen LogP contribution in [-0.4, -0.2) is 13.7 Å². The highest BCUT2D eigenvalue weighted by Crippen LogP contribution is 2.30. The highest BCUT2D eigenvalue weighted by Gasteiger charge is 2.16. The Morgan fingerprint density at radius 3 is 2.37 bits per heavy atom. The summed E-state index contributed by atoms with van der Waals surface area (Å²) in [6.07, 6.45) is 2.15. The minimum Gasteiger partial charge on any atom is -0.496 e. The van der Waals surface area contributed by atoms with Gasteiger partial charge < -0.3 is 10.5 Å². The summed E-state index contributed by atoms with van der Waals surface area (Å²) in [6, 6.07) is 12.7. The number of hydrogen-bond donors (Lipinski definition) is 1. The summed E-state index contributed by atoms with van der Waals surface area (Å²) in [5.41, 5.74) is 7.38. The molecule has 0 spiro atoms. The average Bonchev–Trinajstić information content (AvgIpc) is 2.44. The molecule has 0 aliphatic heterocycles. The Kier molecular flexibility index (Phi) is 4.11. The van der Waals surface area contributed by atoms with Crippen LogP contribution in [0, 0.1) is 5.41 Å². The van der Waals surface area contributed by atoms with Crippen molar-refractivity contribution in [1.82, 2.24) is 0 Å². The summed E-state index contributed by atoms with van der Waals surface area (Å²) in [4.78, 5) is 0. The molecule has 2 aromatic carbocycles. The molecule has 0 bridgehead atoms. The summed E-state index contributed by atoms with van der Waals surface area (Å²) in [5, 5.41) is 2.47. The van der Waals surface area contributed by atoms with Gasteiger partial charge in [0.05, 0.1) is 7.11 Å². The van der Waals surface area contributed by atoms with E-state index in [1.54, 1.807) is 7.11 Å². The standard InChI is InChI=1S/C17H23NO/c1-17(2,12-18)11-10-13-8-9-16(19-3)15-7-5-4-6-14(13)15/h4-9H,10-12,18H2,1-3H3. The van der Waals surface area contributed by atoms with Crippen LogP contribution in [0.5, 0.6) is 5.75 Å². The van der Waals surface area contributed by atoms with Crippen molar-refractivity contribution in [3.05, 3.63) is 42.0 Å². The first kappa shape index (κ1) is 13.9. The number of hydrogen-bond acceptors (Lipinski definition) is 2. The van der Waals surface area contributed by atoms with Gasteiger partial charge in [-0.15, -0.1) is 0 Å². The zero-order chi connectivity index (χ0) is 13.9. The van der Waals surface area contributed by atoms with Gasteiger partial charge in [0.25, 0.3) is 0 Å². The van der Waals surface area contributed by atoms with Gasteiger partial charge in [-0.25, -0.2) is 0 Å². The molecule has 2 rings (SSSR count). The largest absolute Gasteiger partial charge is 0.496 e. The van der Waals surface area contributed by atoms with Crippen LogP contribution < -0.4 is 10.5 Å². The molecule has 2 aromatic rings. The SMILES string of the molecule is COc1ccc(CCC(C)(C)CN)c2ccccc12. The summed E-state index contributed by atoms with van der Waals surface area (Å²) in [5.74, 6) is 0.942. The minimum absolute atomic E-state index is 0.195. The zero-order valence-corrected chi connectivity index (χ0v) is 12.1. The van der Waals surface area contributed by atoms with E-state index in [1.165, 1.54) is 16.3 Å². The Morgan fingerprint density at radius 2 is 1.74 bits per heavy atom. The van der Waals surface area contributed by atoms with E-state index in [9.17, 15) is 0 Å². The molecule has 102 valence electrons. The second-order valence-corrected chi connectivity index (χ2v) is 5.84. The van der Waals surface area contributed by atoms with Crippen LogP contribution in [0.2, 0.25) is 0 Å². The summed E-state index contributed by atoms with van der Waals surface area (Å²) in [7, 11) is 1.72. The molecule has 0 heterocycles. The van der Waals surface area contributed by atoms with Crippen molar-refractivity contribution in [3.63, 3.8) is 0 Å². The number of nitrogens with two attached hydrogens (primary N) is 1. The van der Waals surface area contributed by atoms with Crippen LogP contribution in [0.4, 0.5) is 0 Å². The molecule has 2 N–H and O–H groups in total. The van der Waals surface area contributed by atoms with E-state index in [2.05, 4.69) is 50.2 Å². The molecule has 0 saturated carbocycles. The van der Waals surface area contributed by atoms with Crippen molar-refractivity contribution in [2.75, 3.05) is 13.7 Å². The number of rotatable bonds is 5. The van der Waals surface area contributed by atoms with Crippen LogP contribution in [0.3, 0.4) is 0 Å². The van der Waals surface area contributed by atoms with Crippen LogP contribution in [0.15, 0.2) is 36.4 Å². The third kappa shape index (κ3) is 3.07. The average molecular weight is 257 g/mol. The molecule has 0 radical (unpaired) electrons. The molecule has 0 unspecified atom stereocenters. The normalized spacial score (nSPS) is 11.8. The molecular weight excluding hydrogens is 234 g/mol. The third-order valence-electron chi connectivity index (χ3n) is 3.82. The lowest BCUT2D eigenvalue weighted by Crippen LogP contribution is -2.24. The Morgan fingerprint density at radius 1 is 1.05 bits per heavy atom. The van der Waals surface area contributed by atoms with Crippen LogP contribution in [-0.2, 0) is 6.42 Å². The Bertz CT molecular complexity index is 560. The second kappa shape index (κ2) is 5.62. The van der Waals surface area contributed by atoms with Gasteiger partial charge in [-0.1, -0.05) is 44.2 Å². The van der Waals surface area contributed by atoms with Crippen molar-refractivity contribution in [1.29, 1.82) is 0 Å². The molecule has 0 aliphatic rings. The summed E-state index contributed by atoms with van der Waals surface area (Å²) >= 11 is 0. The van der Waals surface area contributed by atoms with Gasteiger partial charge in [-0.05, 0) is 41.8 Å². The molecule has 0 aromatic heterocycles. The first-order valence-electron chi connectivity index (χ1n) is 6.82. The molecule has 0 amide bonds. The van der Waals surface area contributed by atoms with Crippen molar-refractivity contribution in [2.24, 2.45) is 11.1 Å². The van der Waals surface area contributed by atoms with Crippen LogP contribution in [0.1, 0.15) is 25.8 Å². The van der Waals surface area contributed by atoms with Gasteiger partial charge >= 0.3 is 0 Å². The van der Waals surface area contributed by atoms with Gasteiger partial charge in [0.1, 0.15) is 5.75 Å². The van der Waals surface area contributed by atoms with Gasteiger partial charge in [-0.3, -0.25) is 0 Å². The first-order chi connectivity index (χ1) is 9.07. The van der Waals surface area contributed by atoms with Gasteiger partial charge in [-0.2, -0.15) is 0 Å². The molecule has 0 saturated heterocycles. The van der Waals surface area contributed by atoms with Crippen LogP contribution in [0.25, 0.3) is 10.8 Å². The van der Waals surface area contributed by atoms with Crippen molar-refractivity contribution in [3.8, 4) is 5.75 Å². The molecule has 2 heteroatoms. The summed E-state index contributed by atoms with van der Waals surface area (Å²) in [6.45, 7) is 5.17. The second-order valence-electron chi connectivity index (χ2n) is 5.84. The highest BCUT2D eigenvalue weighted by atomic mass is 16.5. The molecular formula is C17H23NO. The van der Waals surface area contributed by atoms with Gasteiger partial charge in [0.15, 0.2) is 0 Å². The highest BCUT2D eigenvalue weighted by molar-refractivity contribution is 5.91. The van der Waals surface area contributed by atoms with Crippen LogP contribution >= 0.6 is 0 Å². The number of ether oxygens (including phenoxy) is 1. The molecule has 0 fully saturated rings. The zero-order valence-electron chi connectivity index (χ0n) is 12.1. The van der Waals surface area contributed by atoms with E-state index >= 15 is 0 Å². The fraction of sp³-hybridized carbons (Fsp3) is 0.412. The molecule has 2 nitrogen and oxygen atoms in total. The molecule has 0 atom stereocenters. The minimum atomic E-state index is 0.195.